The molecule has 0 spiro atoms. The average molecular weight is 316 g/mol. The fourth-order valence-electron chi connectivity index (χ4n) is 7.48. The van der Waals surface area contributed by atoms with E-state index in [0.717, 1.165) is 29.4 Å². The maximum atomic E-state index is 9.27. The smallest absolute Gasteiger partial charge is 0.0799 e. The number of allylic oxidation sites excluding steroid dienone is 2. The first-order valence-corrected chi connectivity index (χ1v) is 9.90. The monoisotopic (exact) mass is 315 g/mol. The Morgan fingerprint density at radius 3 is 2.70 bits per heavy atom. The first-order chi connectivity index (χ1) is 11.0. The number of oxime groups is 1. The summed E-state index contributed by atoms with van der Waals surface area (Å²) in [6, 6.07) is 0. The minimum absolute atomic E-state index is 0.259. The van der Waals surface area contributed by atoms with Gasteiger partial charge in [-0.15, -0.1) is 0 Å². The number of rotatable bonds is 1. The first-order valence-electron chi connectivity index (χ1n) is 9.90. The first kappa shape index (κ1) is 15.7. The van der Waals surface area contributed by atoms with Crippen LogP contribution in [0.25, 0.3) is 0 Å². The fourth-order valence-corrected chi connectivity index (χ4v) is 7.48. The number of hydrogen-bond acceptors (Lipinski definition) is 2. The number of fused-ring (bicyclic) bond motifs is 5. The molecule has 0 aromatic rings. The fraction of sp³-hybridized carbons (Fsp3) is 0.857. The summed E-state index contributed by atoms with van der Waals surface area (Å²) in [5, 5.41) is 12.8. The van der Waals surface area contributed by atoms with Gasteiger partial charge in [-0.3, -0.25) is 0 Å². The molecule has 0 heterocycles. The zero-order valence-electron chi connectivity index (χ0n) is 15.1. The number of hydrogen-bond donors (Lipinski definition) is 1. The second-order valence-electron chi connectivity index (χ2n) is 9.40. The van der Waals surface area contributed by atoms with Crippen molar-refractivity contribution in [3.63, 3.8) is 0 Å². The molecule has 1 N–H and O–H groups in total. The molecule has 2 nitrogen and oxygen atoms in total. The van der Waals surface area contributed by atoms with E-state index < -0.39 is 0 Å². The highest BCUT2D eigenvalue weighted by molar-refractivity contribution is 5.99. The molecule has 0 aromatic carbocycles. The molecule has 0 amide bonds. The second kappa shape index (κ2) is 5.36. The van der Waals surface area contributed by atoms with E-state index in [9.17, 15) is 5.21 Å². The Labute approximate surface area is 141 Å². The van der Waals surface area contributed by atoms with Crippen LogP contribution >= 0.6 is 0 Å². The van der Waals surface area contributed by atoms with E-state index in [2.05, 4.69) is 25.1 Å². The molecule has 0 radical (unpaired) electrons. The van der Waals surface area contributed by atoms with Crippen molar-refractivity contribution in [2.75, 3.05) is 0 Å². The van der Waals surface area contributed by atoms with Gasteiger partial charge in [0.15, 0.2) is 0 Å². The summed E-state index contributed by atoms with van der Waals surface area (Å²) in [5.41, 5.74) is 3.08. The van der Waals surface area contributed by atoms with Gasteiger partial charge in [0.25, 0.3) is 0 Å². The molecular formula is C21H33NO. The molecule has 23 heavy (non-hydrogen) atoms. The van der Waals surface area contributed by atoms with Crippen LogP contribution in [0, 0.1) is 34.5 Å². The van der Waals surface area contributed by atoms with Crippen molar-refractivity contribution in [2.24, 2.45) is 39.7 Å². The molecule has 4 rings (SSSR count). The molecular weight excluding hydrogens is 282 g/mol. The highest BCUT2D eigenvalue weighted by atomic mass is 16.4. The van der Waals surface area contributed by atoms with Crippen LogP contribution in [0.2, 0.25) is 0 Å². The van der Waals surface area contributed by atoms with Gasteiger partial charge in [0.05, 0.1) is 5.71 Å². The van der Waals surface area contributed by atoms with Crippen molar-refractivity contribution in [1.82, 2.24) is 0 Å². The van der Waals surface area contributed by atoms with Gasteiger partial charge < -0.3 is 5.21 Å². The number of nitrogens with zero attached hydrogens (tertiary/aromatic N) is 1. The Bertz CT molecular complexity index is 550. The van der Waals surface area contributed by atoms with Crippen LogP contribution in [-0.4, -0.2) is 10.9 Å². The van der Waals surface area contributed by atoms with Crippen LogP contribution < -0.4 is 0 Å². The summed E-state index contributed by atoms with van der Waals surface area (Å²) >= 11 is 0. The van der Waals surface area contributed by atoms with Crippen LogP contribution in [0.4, 0.5) is 0 Å². The van der Waals surface area contributed by atoms with E-state index in [0.29, 0.717) is 5.41 Å². The minimum atomic E-state index is 0.259. The third-order valence-corrected chi connectivity index (χ3v) is 8.70. The lowest BCUT2D eigenvalue weighted by Crippen LogP contribution is -2.52. The van der Waals surface area contributed by atoms with Crippen molar-refractivity contribution in [3.05, 3.63) is 11.6 Å². The topological polar surface area (TPSA) is 32.6 Å². The summed E-state index contributed by atoms with van der Waals surface area (Å²) in [4.78, 5) is 0. The minimum Gasteiger partial charge on any atom is -0.411 e. The zero-order chi connectivity index (χ0) is 16.2. The summed E-state index contributed by atoms with van der Waals surface area (Å²) < 4.78 is 0. The van der Waals surface area contributed by atoms with E-state index >= 15 is 0 Å². The third-order valence-electron chi connectivity index (χ3n) is 8.70. The Morgan fingerprint density at radius 1 is 1.09 bits per heavy atom. The lowest BCUT2D eigenvalue weighted by Gasteiger charge is -2.60. The lowest BCUT2D eigenvalue weighted by molar-refractivity contribution is -0.0979. The molecule has 6 atom stereocenters. The van der Waals surface area contributed by atoms with Gasteiger partial charge in [-0.05, 0) is 91.9 Å². The van der Waals surface area contributed by atoms with Crippen LogP contribution in [0.3, 0.4) is 0 Å². The van der Waals surface area contributed by atoms with Crippen LogP contribution in [0.5, 0.6) is 0 Å². The maximum absolute atomic E-state index is 9.27. The molecule has 4 aliphatic rings. The van der Waals surface area contributed by atoms with Gasteiger partial charge in [0.2, 0.25) is 0 Å². The molecule has 0 bridgehead atoms. The normalized spacial score (nSPS) is 49.9. The Kier molecular flexibility index (Phi) is 3.66. The predicted octanol–water partition coefficient (Wildman–Crippen LogP) is 5.81. The molecule has 128 valence electrons. The average Bonchev–Trinajstić information content (AvgIpc) is 2.91. The Hall–Kier alpha value is -0.790. The van der Waals surface area contributed by atoms with Gasteiger partial charge in [-0.25, -0.2) is 0 Å². The van der Waals surface area contributed by atoms with Crippen LogP contribution in [0.1, 0.15) is 78.6 Å². The van der Waals surface area contributed by atoms with Crippen LogP contribution in [-0.2, 0) is 0 Å². The summed E-state index contributed by atoms with van der Waals surface area (Å²) in [6.45, 7) is 7.07. The summed E-state index contributed by atoms with van der Waals surface area (Å²) in [5.74, 6) is 3.62. The lowest BCUT2D eigenvalue weighted by atomic mass is 9.45. The predicted molar refractivity (Wildman–Crippen MR) is 94.7 cm³/mol. The Balaban J connectivity index is 1.64. The summed E-state index contributed by atoms with van der Waals surface area (Å²) in [6.07, 6.45) is 15.1. The zero-order valence-corrected chi connectivity index (χ0v) is 15.1. The molecule has 3 saturated carbocycles. The highest BCUT2D eigenvalue weighted by Gasteiger charge is 2.58. The molecule has 0 aromatic heterocycles. The highest BCUT2D eigenvalue weighted by Crippen LogP contribution is 2.66. The van der Waals surface area contributed by atoms with E-state index in [1.54, 1.807) is 0 Å². The van der Waals surface area contributed by atoms with Gasteiger partial charge >= 0.3 is 0 Å². The molecule has 2 heteroatoms. The molecule has 0 saturated heterocycles. The standard InChI is InChI=1S/C21H33NO/c1-14(22-23)17-9-10-18-16-8-7-15-6-4-5-12-20(15,2)19(16)11-13-21(17,18)3/h9,15-16,18-19,23H,4-8,10-13H2,1-3H3/t15?,16-,18-,19-,20-,21+/m0/s1. The van der Waals surface area contributed by atoms with Crippen molar-refractivity contribution in [2.45, 2.75) is 78.6 Å². The van der Waals surface area contributed by atoms with Gasteiger partial charge in [0.1, 0.15) is 0 Å². The van der Waals surface area contributed by atoms with E-state index in [4.69, 9.17) is 0 Å². The Morgan fingerprint density at radius 2 is 1.91 bits per heavy atom. The van der Waals surface area contributed by atoms with Crippen molar-refractivity contribution in [1.29, 1.82) is 0 Å². The van der Waals surface area contributed by atoms with Crippen LogP contribution in [0.15, 0.2) is 16.8 Å². The largest absolute Gasteiger partial charge is 0.411 e. The van der Waals surface area contributed by atoms with Crippen molar-refractivity contribution in [3.8, 4) is 0 Å². The van der Waals surface area contributed by atoms with Gasteiger partial charge in [-0.2, -0.15) is 0 Å². The van der Waals surface area contributed by atoms with E-state index in [1.807, 2.05) is 6.92 Å². The quantitative estimate of drug-likeness (QED) is 0.370. The summed E-state index contributed by atoms with van der Waals surface area (Å²) in [7, 11) is 0. The molecule has 1 unspecified atom stereocenters. The molecule has 4 aliphatic carbocycles. The van der Waals surface area contributed by atoms with Gasteiger partial charge in [0, 0.05) is 0 Å². The second-order valence-corrected chi connectivity index (χ2v) is 9.40. The SMILES string of the molecule is CC(=NO)C1=CC[C@H]2[C@@H]3CCC4CCCC[C@]4(C)[C@H]3CC[C@]12C. The molecule has 0 aliphatic heterocycles. The van der Waals surface area contributed by atoms with E-state index in [-0.39, 0.29) is 5.41 Å². The van der Waals surface area contributed by atoms with Crippen molar-refractivity contribution < 1.29 is 5.21 Å². The third kappa shape index (κ3) is 2.09. The maximum Gasteiger partial charge on any atom is 0.0799 e. The molecule has 3 fully saturated rings. The van der Waals surface area contributed by atoms with Gasteiger partial charge in [-0.1, -0.05) is 37.9 Å². The van der Waals surface area contributed by atoms with E-state index in [1.165, 1.54) is 63.4 Å². The van der Waals surface area contributed by atoms with Crippen molar-refractivity contribution >= 4 is 5.71 Å².